The molecule has 0 aliphatic rings. The Kier molecular flexibility index (Phi) is 7.08. The quantitative estimate of drug-likeness (QED) is 0.321. The molecule has 0 amide bonds. The number of ether oxygens (including phenoxy) is 1. The summed E-state index contributed by atoms with van der Waals surface area (Å²) in [6.45, 7) is 1.37. The Hall–Kier alpha value is -3.20. The van der Waals surface area contributed by atoms with Gasteiger partial charge in [-0.3, -0.25) is 4.79 Å². The number of halogens is 3. The third-order valence-electron chi connectivity index (χ3n) is 5.25. The van der Waals surface area contributed by atoms with E-state index in [9.17, 15) is 13.6 Å². The first-order chi connectivity index (χ1) is 16.0. The molecule has 2 aromatic heterocycles. The van der Waals surface area contributed by atoms with Gasteiger partial charge in [-0.15, -0.1) is 0 Å². The SMILES string of the molecule is O=c1c(Cl)c(COc2ccc(F)cc2F)ccn1Cc1ccc2[nH]cc(CNCCO)c2c1. The van der Waals surface area contributed by atoms with Crippen LogP contribution in [-0.4, -0.2) is 27.8 Å². The average molecular weight is 474 g/mol. The molecule has 0 spiro atoms. The van der Waals surface area contributed by atoms with E-state index in [1.165, 1.54) is 10.6 Å². The van der Waals surface area contributed by atoms with Crippen LogP contribution in [0.15, 0.2) is 59.7 Å². The van der Waals surface area contributed by atoms with E-state index in [4.69, 9.17) is 21.4 Å². The zero-order valence-corrected chi connectivity index (χ0v) is 18.3. The lowest BCUT2D eigenvalue weighted by atomic mass is 10.1. The van der Waals surface area contributed by atoms with E-state index < -0.39 is 17.2 Å². The second-order valence-corrected chi connectivity index (χ2v) is 7.92. The summed E-state index contributed by atoms with van der Waals surface area (Å²) in [5, 5.41) is 13.1. The predicted octanol–water partition coefficient (Wildman–Crippen LogP) is 3.97. The minimum absolute atomic E-state index is 0.0170. The molecule has 172 valence electrons. The Bertz CT molecular complexity index is 1340. The average Bonchev–Trinajstić information content (AvgIpc) is 3.20. The standard InChI is InChI=1S/C24H22ClF2N3O3/c25-23-16(14-33-22-4-2-18(26)10-20(22)27)5-7-30(24(23)32)13-15-1-3-21-19(9-15)17(12-29-21)11-28-6-8-31/h1-5,7,9-10,12,28-29,31H,6,8,11,13-14H2. The maximum atomic E-state index is 13.8. The van der Waals surface area contributed by atoms with Gasteiger partial charge in [0.05, 0.1) is 13.2 Å². The molecule has 3 N–H and O–H groups in total. The van der Waals surface area contributed by atoms with Crippen molar-refractivity contribution in [2.24, 2.45) is 0 Å². The van der Waals surface area contributed by atoms with Crippen molar-refractivity contribution < 1.29 is 18.6 Å². The molecule has 0 saturated heterocycles. The highest BCUT2D eigenvalue weighted by atomic mass is 35.5. The third kappa shape index (κ3) is 5.24. The Balaban J connectivity index is 1.50. The topological polar surface area (TPSA) is 79.3 Å². The number of fused-ring (bicyclic) bond motifs is 1. The Labute approximate surface area is 193 Å². The first-order valence-electron chi connectivity index (χ1n) is 10.3. The molecule has 4 aromatic rings. The molecule has 0 fully saturated rings. The van der Waals surface area contributed by atoms with Crippen LogP contribution in [-0.2, 0) is 19.7 Å². The number of aliphatic hydroxyl groups is 1. The zero-order valence-electron chi connectivity index (χ0n) is 17.6. The number of H-pyrrole nitrogens is 1. The largest absolute Gasteiger partial charge is 0.486 e. The molecule has 33 heavy (non-hydrogen) atoms. The first-order valence-corrected chi connectivity index (χ1v) is 10.7. The van der Waals surface area contributed by atoms with E-state index in [0.29, 0.717) is 25.2 Å². The molecule has 0 aliphatic heterocycles. The van der Waals surface area contributed by atoms with E-state index in [2.05, 4.69) is 10.3 Å². The minimum Gasteiger partial charge on any atom is -0.486 e. The van der Waals surface area contributed by atoms with Crippen molar-refractivity contribution in [2.75, 3.05) is 13.2 Å². The number of aromatic amines is 1. The fraction of sp³-hybridized carbons (Fsp3) is 0.208. The minimum atomic E-state index is -0.828. The van der Waals surface area contributed by atoms with Crippen LogP contribution in [0, 0.1) is 11.6 Å². The van der Waals surface area contributed by atoms with Gasteiger partial charge in [-0.05, 0) is 41.5 Å². The normalized spacial score (nSPS) is 11.3. The summed E-state index contributed by atoms with van der Waals surface area (Å²) in [6.07, 6.45) is 3.53. The molecule has 0 aliphatic carbocycles. The van der Waals surface area contributed by atoms with Crippen LogP contribution in [0.4, 0.5) is 8.78 Å². The molecule has 0 unspecified atom stereocenters. The summed E-state index contributed by atoms with van der Waals surface area (Å²) in [5.74, 6) is -1.65. The molecule has 9 heteroatoms. The number of rotatable bonds is 9. The van der Waals surface area contributed by atoms with Gasteiger partial charge in [0, 0.05) is 48.0 Å². The van der Waals surface area contributed by atoms with Gasteiger partial charge in [0.15, 0.2) is 11.6 Å². The summed E-state index contributed by atoms with van der Waals surface area (Å²) in [6, 6.07) is 10.5. The molecule has 0 radical (unpaired) electrons. The summed E-state index contributed by atoms with van der Waals surface area (Å²) in [4.78, 5) is 16.0. The Morgan fingerprint density at radius 2 is 1.97 bits per heavy atom. The molecular formula is C24H22ClF2N3O3. The maximum absolute atomic E-state index is 13.8. The lowest BCUT2D eigenvalue weighted by Gasteiger charge is -2.12. The molecule has 2 heterocycles. The Morgan fingerprint density at radius 1 is 1.12 bits per heavy atom. The van der Waals surface area contributed by atoms with Crippen molar-refractivity contribution in [2.45, 2.75) is 19.7 Å². The highest BCUT2D eigenvalue weighted by molar-refractivity contribution is 6.31. The fourth-order valence-corrected chi connectivity index (χ4v) is 3.76. The van der Waals surface area contributed by atoms with Gasteiger partial charge in [-0.2, -0.15) is 0 Å². The lowest BCUT2D eigenvalue weighted by molar-refractivity contribution is 0.289. The smallest absolute Gasteiger partial charge is 0.270 e. The maximum Gasteiger partial charge on any atom is 0.270 e. The highest BCUT2D eigenvalue weighted by Gasteiger charge is 2.12. The number of aromatic nitrogens is 2. The zero-order chi connectivity index (χ0) is 23.4. The van der Waals surface area contributed by atoms with Crippen molar-refractivity contribution in [3.63, 3.8) is 0 Å². The number of nitrogens with zero attached hydrogens (tertiary/aromatic N) is 1. The van der Waals surface area contributed by atoms with Crippen LogP contribution in [0.25, 0.3) is 10.9 Å². The lowest BCUT2D eigenvalue weighted by Crippen LogP contribution is -2.22. The van der Waals surface area contributed by atoms with Gasteiger partial charge in [0.1, 0.15) is 17.4 Å². The van der Waals surface area contributed by atoms with E-state index >= 15 is 0 Å². The van der Waals surface area contributed by atoms with E-state index in [0.717, 1.165) is 34.2 Å². The number of hydrogen-bond acceptors (Lipinski definition) is 4. The van der Waals surface area contributed by atoms with Crippen LogP contribution >= 0.6 is 11.6 Å². The second-order valence-electron chi connectivity index (χ2n) is 7.55. The van der Waals surface area contributed by atoms with Crippen molar-refractivity contribution in [3.8, 4) is 5.75 Å². The predicted molar refractivity (Wildman–Crippen MR) is 123 cm³/mol. The number of nitrogens with one attached hydrogen (secondary N) is 2. The molecule has 0 bridgehead atoms. The second kappa shape index (κ2) is 10.2. The van der Waals surface area contributed by atoms with E-state index in [-0.39, 0.29) is 24.0 Å². The van der Waals surface area contributed by atoms with Crippen LogP contribution < -0.4 is 15.6 Å². The van der Waals surface area contributed by atoms with Crippen LogP contribution in [0.3, 0.4) is 0 Å². The molecule has 0 saturated carbocycles. The summed E-state index contributed by atoms with van der Waals surface area (Å²) < 4.78 is 33.7. The fourth-order valence-electron chi connectivity index (χ4n) is 3.54. The monoisotopic (exact) mass is 473 g/mol. The molecule has 2 aromatic carbocycles. The number of pyridine rings is 1. The Morgan fingerprint density at radius 3 is 2.76 bits per heavy atom. The molecule has 0 atom stereocenters. The number of aliphatic hydroxyl groups excluding tert-OH is 1. The van der Waals surface area contributed by atoms with Gasteiger partial charge in [-0.25, -0.2) is 8.78 Å². The van der Waals surface area contributed by atoms with Crippen molar-refractivity contribution in [1.82, 2.24) is 14.9 Å². The molecule has 4 rings (SSSR count). The van der Waals surface area contributed by atoms with Crippen molar-refractivity contribution >= 4 is 22.5 Å². The van der Waals surface area contributed by atoms with E-state index in [1.54, 1.807) is 12.3 Å². The first kappa shape index (κ1) is 23.0. The molecule has 6 nitrogen and oxygen atoms in total. The van der Waals surface area contributed by atoms with E-state index in [1.807, 2.05) is 24.4 Å². The van der Waals surface area contributed by atoms with Crippen LogP contribution in [0.2, 0.25) is 5.02 Å². The molecular weight excluding hydrogens is 452 g/mol. The van der Waals surface area contributed by atoms with Gasteiger partial charge >= 0.3 is 0 Å². The summed E-state index contributed by atoms with van der Waals surface area (Å²) in [5.41, 5.74) is 2.97. The number of benzene rings is 2. The van der Waals surface area contributed by atoms with Gasteiger partial charge < -0.3 is 24.7 Å². The summed E-state index contributed by atoms with van der Waals surface area (Å²) in [7, 11) is 0. The van der Waals surface area contributed by atoms with Crippen LogP contribution in [0.5, 0.6) is 5.75 Å². The van der Waals surface area contributed by atoms with Crippen LogP contribution in [0.1, 0.15) is 16.7 Å². The van der Waals surface area contributed by atoms with Crippen molar-refractivity contribution in [1.29, 1.82) is 0 Å². The highest BCUT2D eigenvalue weighted by Crippen LogP contribution is 2.22. The third-order valence-corrected chi connectivity index (χ3v) is 5.66. The van der Waals surface area contributed by atoms with Gasteiger partial charge in [0.2, 0.25) is 0 Å². The van der Waals surface area contributed by atoms with Gasteiger partial charge in [0.25, 0.3) is 5.56 Å². The van der Waals surface area contributed by atoms with Crippen molar-refractivity contribution in [3.05, 3.63) is 98.6 Å². The number of hydrogen-bond donors (Lipinski definition) is 3. The summed E-state index contributed by atoms with van der Waals surface area (Å²) >= 11 is 6.27. The van der Waals surface area contributed by atoms with Gasteiger partial charge in [-0.1, -0.05) is 17.7 Å².